The fourth-order valence-corrected chi connectivity index (χ4v) is 1.60. The van der Waals surface area contributed by atoms with Crippen LogP contribution in [-0.4, -0.2) is 58.4 Å². The van der Waals surface area contributed by atoms with Crippen LogP contribution >= 0.6 is 0 Å². The molecule has 1 N–H and O–H groups in total. The Bertz CT molecular complexity index is 378. The van der Waals surface area contributed by atoms with Gasteiger partial charge in [0, 0.05) is 38.9 Å². The Morgan fingerprint density at radius 3 is 2.89 bits per heavy atom. The third kappa shape index (κ3) is 5.42. The van der Waals surface area contributed by atoms with Gasteiger partial charge in [0.2, 0.25) is 5.76 Å². The number of rotatable bonds is 9. The average Bonchev–Trinajstić information content (AvgIpc) is 2.88. The van der Waals surface area contributed by atoms with Crippen molar-refractivity contribution in [3.63, 3.8) is 0 Å². The average molecular weight is 270 g/mol. The van der Waals surface area contributed by atoms with E-state index in [0.717, 1.165) is 31.8 Å². The Labute approximate surface area is 113 Å². The van der Waals surface area contributed by atoms with Gasteiger partial charge in [-0.05, 0) is 13.1 Å². The van der Waals surface area contributed by atoms with Crippen molar-refractivity contribution in [1.29, 1.82) is 0 Å². The molecule has 1 heterocycles. The van der Waals surface area contributed by atoms with Crippen LogP contribution in [0.3, 0.4) is 0 Å². The second-order valence-electron chi connectivity index (χ2n) is 4.24. The number of nitrogens with zero attached hydrogens (tertiary/aromatic N) is 1. The predicted molar refractivity (Wildman–Crippen MR) is 71.1 cm³/mol. The van der Waals surface area contributed by atoms with Crippen molar-refractivity contribution in [1.82, 2.24) is 10.2 Å². The predicted octanol–water partition coefficient (Wildman–Crippen LogP) is 0.734. The minimum atomic E-state index is -0.445. The van der Waals surface area contributed by atoms with Gasteiger partial charge in [-0.2, -0.15) is 0 Å². The molecule has 19 heavy (non-hydrogen) atoms. The summed E-state index contributed by atoms with van der Waals surface area (Å²) in [5.41, 5.74) is 0.811. The number of nitrogens with one attached hydrogen (secondary N) is 1. The first kappa shape index (κ1) is 15.7. The van der Waals surface area contributed by atoms with Gasteiger partial charge >= 0.3 is 5.97 Å². The molecule has 1 aromatic rings. The summed E-state index contributed by atoms with van der Waals surface area (Å²) in [5.74, 6) is -0.179. The second kappa shape index (κ2) is 8.68. The van der Waals surface area contributed by atoms with Crippen LogP contribution in [-0.2, 0) is 16.0 Å². The standard InChI is InChI=1S/C13H22N2O4/c1-15(7-9-17-2)6-5-14-10-11-4-8-19-12(11)13(16)18-3/h4,8,14H,5-7,9-10H2,1-3H3. The summed E-state index contributed by atoms with van der Waals surface area (Å²) >= 11 is 0. The lowest BCUT2D eigenvalue weighted by atomic mass is 10.2. The van der Waals surface area contributed by atoms with Gasteiger partial charge in [-0.15, -0.1) is 0 Å². The summed E-state index contributed by atoms with van der Waals surface area (Å²) in [6.07, 6.45) is 1.49. The van der Waals surface area contributed by atoms with Crippen molar-refractivity contribution in [3.8, 4) is 0 Å². The minimum Gasteiger partial charge on any atom is -0.463 e. The summed E-state index contributed by atoms with van der Waals surface area (Å²) in [5, 5.41) is 3.26. The Kier molecular flexibility index (Phi) is 7.17. The molecule has 108 valence electrons. The lowest BCUT2D eigenvalue weighted by Crippen LogP contribution is -2.31. The lowest BCUT2D eigenvalue weighted by molar-refractivity contribution is 0.0563. The largest absolute Gasteiger partial charge is 0.463 e. The zero-order chi connectivity index (χ0) is 14.1. The maximum absolute atomic E-state index is 11.4. The molecule has 0 fully saturated rings. The Morgan fingerprint density at radius 2 is 2.21 bits per heavy atom. The van der Waals surface area contributed by atoms with E-state index < -0.39 is 5.97 Å². The van der Waals surface area contributed by atoms with E-state index in [4.69, 9.17) is 9.15 Å². The van der Waals surface area contributed by atoms with Crippen LogP contribution in [0.25, 0.3) is 0 Å². The summed E-state index contributed by atoms with van der Waals surface area (Å²) in [6.45, 7) is 3.95. The Morgan fingerprint density at radius 1 is 1.42 bits per heavy atom. The van der Waals surface area contributed by atoms with Crippen molar-refractivity contribution in [2.45, 2.75) is 6.54 Å². The first-order valence-corrected chi connectivity index (χ1v) is 6.22. The first-order valence-electron chi connectivity index (χ1n) is 6.22. The molecule has 0 saturated heterocycles. The lowest BCUT2D eigenvalue weighted by Gasteiger charge is -2.16. The number of esters is 1. The molecular formula is C13H22N2O4. The van der Waals surface area contributed by atoms with E-state index in [2.05, 4.69) is 15.0 Å². The number of hydrogen-bond donors (Lipinski definition) is 1. The van der Waals surface area contributed by atoms with Crippen LogP contribution in [0.15, 0.2) is 16.7 Å². The molecule has 0 aliphatic carbocycles. The molecule has 0 aromatic carbocycles. The van der Waals surface area contributed by atoms with Crippen LogP contribution in [0.5, 0.6) is 0 Å². The zero-order valence-electron chi connectivity index (χ0n) is 11.8. The third-order valence-corrected chi connectivity index (χ3v) is 2.78. The van der Waals surface area contributed by atoms with E-state index in [1.807, 2.05) is 7.05 Å². The number of furan rings is 1. The first-order chi connectivity index (χ1) is 9.19. The van der Waals surface area contributed by atoms with Gasteiger partial charge in [-0.1, -0.05) is 0 Å². The van der Waals surface area contributed by atoms with Gasteiger partial charge in [-0.3, -0.25) is 0 Å². The molecule has 0 atom stereocenters. The van der Waals surface area contributed by atoms with Gasteiger partial charge in [0.15, 0.2) is 0 Å². The number of ether oxygens (including phenoxy) is 2. The van der Waals surface area contributed by atoms with Crippen LogP contribution < -0.4 is 5.32 Å². The minimum absolute atomic E-state index is 0.266. The highest BCUT2D eigenvalue weighted by molar-refractivity contribution is 5.87. The molecular weight excluding hydrogens is 248 g/mol. The number of carbonyl (C=O) groups excluding carboxylic acids is 1. The molecule has 0 spiro atoms. The molecule has 0 unspecified atom stereocenters. The van der Waals surface area contributed by atoms with Crippen LogP contribution in [0.4, 0.5) is 0 Å². The van der Waals surface area contributed by atoms with Crippen molar-refractivity contribution in [3.05, 3.63) is 23.7 Å². The van der Waals surface area contributed by atoms with Gasteiger partial charge in [0.05, 0.1) is 20.0 Å². The van der Waals surface area contributed by atoms with E-state index in [0.29, 0.717) is 6.54 Å². The molecule has 0 radical (unpaired) electrons. The quantitative estimate of drug-likeness (QED) is 0.527. The Hall–Kier alpha value is -1.37. The molecule has 0 amide bonds. The van der Waals surface area contributed by atoms with Crippen molar-refractivity contribution < 1.29 is 18.7 Å². The molecule has 6 heteroatoms. The van der Waals surface area contributed by atoms with Crippen molar-refractivity contribution in [2.24, 2.45) is 0 Å². The number of carbonyl (C=O) groups is 1. The van der Waals surface area contributed by atoms with E-state index in [-0.39, 0.29) is 5.76 Å². The number of likely N-dealkylation sites (N-methyl/N-ethyl adjacent to an activating group) is 1. The van der Waals surface area contributed by atoms with E-state index in [9.17, 15) is 4.79 Å². The number of hydrogen-bond acceptors (Lipinski definition) is 6. The topological polar surface area (TPSA) is 63.9 Å². The van der Waals surface area contributed by atoms with E-state index in [1.165, 1.54) is 13.4 Å². The smallest absolute Gasteiger partial charge is 0.374 e. The molecule has 1 aromatic heterocycles. The molecule has 0 aliphatic rings. The number of methoxy groups -OCH3 is 2. The fraction of sp³-hybridized carbons (Fsp3) is 0.615. The van der Waals surface area contributed by atoms with Gasteiger partial charge in [0.25, 0.3) is 0 Å². The molecule has 0 aliphatic heterocycles. The SMILES string of the molecule is COCCN(C)CCNCc1ccoc1C(=O)OC. The van der Waals surface area contributed by atoms with E-state index in [1.54, 1.807) is 13.2 Å². The van der Waals surface area contributed by atoms with Crippen molar-refractivity contribution >= 4 is 5.97 Å². The Balaban J connectivity index is 2.26. The highest BCUT2D eigenvalue weighted by Crippen LogP contribution is 2.11. The third-order valence-electron chi connectivity index (χ3n) is 2.78. The van der Waals surface area contributed by atoms with Gasteiger partial charge in [-0.25, -0.2) is 4.79 Å². The monoisotopic (exact) mass is 270 g/mol. The maximum atomic E-state index is 11.4. The summed E-state index contributed by atoms with van der Waals surface area (Å²) in [7, 11) is 5.07. The van der Waals surface area contributed by atoms with Gasteiger partial charge < -0.3 is 24.1 Å². The highest BCUT2D eigenvalue weighted by Gasteiger charge is 2.14. The molecule has 1 rings (SSSR count). The summed E-state index contributed by atoms with van der Waals surface area (Å²) in [4.78, 5) is 13.6. The zero-order valence-corrected chi connectivity index (χ0v) is 11.8. The second-order valence-corrected chi connectivity index (χ2v) is 4.24. The molecule has 0 bridgehead atoms. The summed E-state index contributed by atoms with van der Waals surface area (Å²) < 4.78 is 14.8. The van der Waals surface area contributed by atoms with Crippen LogP contribution in [0, 0.1) is 0 Å². The highest BCUT2D eigenvalue weighted by atomic mass is 16.5. The fourth-order valence-electron chi connectivity index (χ4n) is 1.60. The summed E-state index contributed by atoms with van der Waals surface area (Å²) in [6, 6.07) is 1.77. The molecule has 0 saturated carbocycles. The maximum Gasteiger partial charge on any atom is 0.374 e. The molecule has 6 nitrogen and oxygen atoms in total. The van der Waals surface area contributed by atoms with Gasteiger partial charge in [0.1, 0.15) is 0 Å². The van der Waals surface area contributed by atoms with E-state index >= 15 is 0 Å². The van der Waals surface area contributed by atoms with Crippen LogP contribution in [0.1, 0.15) is 16.1 Å². The van der Waals surface area contributed by atoms with Crippen LogP contribution in [0.2, 0.25) is 0 Å². The normalized spacial score (nSPS) is 10.9. The van der Waals surface area contributed by atoms with Crippen molar-refractivity contribution in [2.75, 3.05) is 47.5 Å².